The lowest BCUT2D eigenvalue weighted by Crippen LogP contribution is -2.65. The van der Waals surface area contributed by atoms with Gasteiger partial charge < -0.3 is 4.90 Å². The largest absolute Gasteiger partial charge is 0.460 e. The third-order valence-corrected chi connectivity index (χ3v) is 3.26. The SMILES string of the molecule is CCCCN(CCCC)C(=O)C(F)(F)C(F)(F)C(F)(F)C(F)(F)F. The fourth-order valence-corrected chi connectivity index (χ4v) is 1.72. The maximum Gasteiger partial charge on any atom is 0.460 e. The molecule has 0 atom stereocenters. The number of hydrogen-bond donors (Lipinski definition) is 0. The first-order valence-electron chi connectivity index (χ1n) is 7.18. The predicted octanol–water partition coefficient (Wildman–Crippen LogP) is 4.88. The fraction of sp³-hybridized carbons (Fsp3) is 0.923. The lowest BCUT2D eigenvalue weighted by atomic mass is 10.0. The first-order chi connectivity index (χ1) is 10.7. The molecule has 0 aromatic carbocycles. The minimum Gasteiger partial charge on any atom is -0.337 e. The van der Waals surface area contributed by atoms with E-state index in [0.29, 0.717) is 12.8 Å². The molecule has 0 aromatic rings. The Balaban J connectivity index is 5.68. The highest BCUT2D eigenvalue weighted by molar-refractivity contribution is 5.85. The fourth-order valence-electron chi connectivity index (χ4n) is 1.72. The van der Waals surface area contributed by atoms with Crippen molar-refractivity contribution in [3.8, 4) is 0 Å². The van der Waals surface area contributed by atoms with Crippen molar-refractivity contribution in [2.45, 2.75) is 63.5 Å². The van der Waals surface area contributed by atoms with E-state index in [0.717, 1.165) is 0 Å². The quantitative estimate of drug-likeness (QED) is 0.526. The number of carbonyl (C=O) groups excluding carboxylic acids is 1. The molecule has 0 spiro atoms. The first-order valence-corrected chi connectivity index (χ1v) is 7.18. The average Bonchev–Trinajstić information content (AvgIpc) is 2.45. The molecule has 0 heterocycles. The Kier molecular flexibility index (Phi) is 7.44. The van der Waals surface area contributed by atoms with Gasteiger partial charge in [0.1, 0.15) is 0 Å². The van der Waals surface area contributed by atoms with Gasteiger partial charge in [0.25, 0.3) is 5.91 Å². The number of unbranched alkanes of at least 4 members (excludes halogenated alkanes) is 2. The summed E-state index contributed by atoms with van der Waals surface area (Å²) in [6.45, 7) is 2.29. The zero-order valence-electron chi connectivity index (χ0n) is 13.0. The minimum atomic E-state index is -7.06. The van der Waals surface area contributed by atoms with Crippen LogP contribution in [-0.4, -0.2) is 47.8 Å². The molecule has 0 rings (SSSR count). The summed E-state index contributed by atoms with van der Waals surface area (Å²) in [5, 5.41) is 0. The number of rotatable bonds is 9. The molecule has 2 nitrogen and oxygen atoms in total. The molecule has 0 bridgehead atoms. The summed E-state index contributed by atoms with van der Waals surface area (Å²) in [6, 6.07) is 0. The van der Waals surface area contributed by atoms with Crippen LogP contribution in [0.2, 0.25) is 0 Å². The van der Waals surface area contributed by atoms with Crippen molar-refractivity contribution >= 4 is 5.91 Å². The molecule has 1 amide bonds. The highest BCUT2D eigenvalue weighted by Crippen LogP contribution is 2.53. The highest BCUT2D eigenvalue weighted by atomic mass is 19.4. The van der Waals surface area contributed by atoms with E-state index in [4.69, 9.17) is 0 Å². The summed E-state index contributed by atoms with van der Waals surface area (Å²) >= 11 is 0. The lowest BCUT2D eigenvalue weighted by Gasteiger charge is -2.35. The van der Waals surface area contributed by atoms with Crippen molar-refractivity contribution in [1.82, 2.24) is 4.90 Å². The molecule has 144 valence electrons. The van der Waals surface area contributed by atoms with E-state index < -0.39 is 42.9 Å². The van der Waals surface area contributed by atoms with Gasteiger partial charge in [0.05, 0.1) is 0 Å². The molecule has 0 aliphatic heterocycles. The number of alkyl halides is 9. The van der Waals surface area contributed by atoms with Crippen molar-refractivity contribution < 1.29 is 44.3 Å². The van der Waals surface area contributed by atoms with Gasteiger partial charge in [-0.2, -0.15) is 39.5 Å². The topological polar surface area (TPSA) is 20.3 Å². The van der Waals surface area contributed by atoms with Gasteiger partial charge in [0, 0.05) is 13.1 Å². The molecule has 0 radical (unpaired) electrons. The van der Waals surface area contributed by atoms with E-state index in [2.05, 4.69) is 0 Å². The lowest BCUT2D eigenvalue weighted by molar-refractivity contribution is -0.389. The van der Waals surface area contributed by atoms with Crippen LogP contribution in [0, 0.1) is 0 Å². The second kappa shape index (κ2) is 7.81. The molecule has 0 unspecified atom stereocenters. The van der Waals surface area contributed by atoms with Crippen LogP contribution in [0.1, 0.15) is 39.5 Å². The van der Waals surface area contributed by atoms with Crippen LogP contribution in [0.15, 0.2) is 0 Å². The van der Waals surface area contributed by atoms with Crippen molar-refractivity contribution in [1.29, 1.82) is 0 Å². The standard InChI is InChI=1S/C13H18F9NO/c1-3-5-7-23(8-6-4-2)9(24)10(14,15)11(16,17)12(18,19)13(20,21)22/h3-8H2,1-2H3. The summed E-state index contributed by atoms with van der Waals surface area (Å²) in [4.78, 5) is 11.8. The maximum atomic E-state index is 13.6. The molecule has 24 heavy (non-hydrogen) atoms. The normalized spacial score (nSPS) is 14.0. The van der Waals surface area contributed by atoms with Gasteiger partial charge in [-0.3, -0.25) is 4.79 Å². The number of amides is 1. The summed E-state index contributed by atoms with van der Waals surface area (Å²) in [5.74, 6) is -22.9. The number of carbonyl (C=O) groups is 1. The van der Waals surface area contributed by atoms with E-state index in [-0.39, 0.29) is 17.7 Å². The Morgan fingerprint density at radius 2 is 1.12 bits per heavy atom. The van der Waals surface area contributed by atoms with E-state index in [1.807, 2.05) is 0 Å². The third-order valence-electron chi connectivity index (χ3n) is 3.26. The molecule has 0 aromatic heterocycles. The van der Waals surface area contributed by atoms with Crippen LogP contribution in [0.3, 0.4) is 0 Å². The second-order valence-electron chi connectivity index (χ2n) is 5.22. The van der Waals surface area contributed by atoms with Gasteiger partial charge in [-0.05, 0) is 12.8 Å². The van der Waals surface area contributed by atoms with E-state index in [9.17, 15) is 44.3 Å². The Labute approximate surface area is 133 Å². The molecule has 0 saturated carbocycles. The molecule has 0 aliphatic rings. The average molecular weight is 375 g/mol. The van der Waals surface area contributed by atoms with Gasteiger partial charge in [-0.15, -0.1) is 0 Å². The summed E-state index contributed by atoms with van der Waals surface area (Å²) < 4.78 is 115. The number of halogens is 9. The second-order valence-corrected chi connectivity index (χ2v) is 5.22. The van der Waals surface area contributed by atoms with Crippen molar-refractivity contribution in [3.05, 3.63) is 0 Å². The minimum absolute atomic E-state index is 0.104. The van der Waals surface area contributed by atoms with E-state index in [1.165, 1.54) is 0 Å². The van der Waals surface area contributed by atoms with Crippen LogP contribution in [0.25, 0.3) is 0 Å². The van der Waals surface area contributed by atoms with E-state index >= 15 is 0 Å². The molecular formula is C13H18F9NO. The first kappa shape index (κ1) is 22.8. The van der Waals surface area contributed by atoms with Crippen molar-refractivity contribution in [3.63, 3.8) is 0 Å². The predicted molar refractivity (Wildman–Crippen MR) is 67.3 cm³/mol. The highest BCUT2D eigenvalue weighted by Gasteiger charge is 2.84. The van der Waals surface area contributed by atoms with Gasteiger partial charge in [0.2, 0.25) is 0 Å². The van der Waals surface area contributed by atoms with Crippen LogP contribution in [0.5, 0.6) is 0 Å². The molecule has 0 N–H and O–H groups in total. The van der Waals surface area contributed by atoms with Crippen molar-refractivity contribution in [2.24, 2.45) is 0 Å². The Morgan fingerprint density at radius 3 is 1.42 bits per heavy atom. The molecule has 0 aliphatic carbocycles. The summed E-state index contributed by atoms with van der Waals surface area (Å²) in [7, 11) is 0. The van der Waals surface area contributed by atoms with Gasteiger partial charge in [-0.1, -0.05) is 26.7 Å². The Morgan fingerprint density at radius 1 is 0.750 bits per heavy atom. The van der Waals surface area contributed by atoms with Crippen LogP contribution < -0.4 is 0 Å². The van der Waals surface area contributed by atoms with Gasteiger partial charge >= 0.3 is 23.9 Å². The Bertz CT molecular complexity index is 412. The summed E-state index contributed by atoms with van der Waals surface area (Å²) in [5.41, 5.74) is 0. The molecule has 11 heteroatoms. The van der Waals surface area contributed by atoms with Gasteiger partial charge in [-0.25, -0.2) is 0 Å². The zero-order chi connectivity index (χ0) is 19.4. The van der Waals surface area contributed by atoms with Crippen LogP contribution >= 0.6 is 0 Å². The zero-order valence-corrected chi connectivity index (χ0v) is 13.0. The maximum absolute atomic E-state index is 13.6. The molecular weight excluding hydrogens is 357 g/mol. The Hall–Kier alpha value is -1.16. The van der Waals surface area contributed by atoms with Crippen molar-refractivity contribution in [2.75, 3.05) is 13.1 Å². The molecule has 0 fully saturated rings. The number of hydrogen-bond acceptors (Lipinski definition) is 1. The monoisotopic (exact) mass is 375 g/mol. The summed E-state index contributed by atoms with van der Waals surface area (Å²) in [6.07, 6.45) is -5.98. The van der Waals surface area contributed by atoms with E-state index in [1.54, 1.807) is 13.8 Å². The van der Waals surface area contributed by atoms with Crippen LogP contribution in [-0.2, 0) is 4.79 Å². The van der Waals surface area contributed by atoms with Crippen LogP contribution in [0.4, 0.5) is 39.5 Å². The molecule has 0 saturated heterocycles. The van der Waals surface area contributed by atoms with Gasteiger partial charge in [0.15, 0.2) is 0 Å². The smallest absolute Gasteiger partial charge is 0.337 e. The third kappa shape index (κ3) is 4.27. The number of nitrogens with zero attached hydrogens (tertiary/aromatic N) is 1.